The predicted octanol–water partition coefficient (Wildman–Crippen LogP) is 3.67. The fourth-order valence-electron chi connectivity index (χ4n) is 2.99. The normalized spacial score (nSPS) is 11.3. The smallest absolute Gasteiger partial charge is 0.206 e. The third-order valence-corrected chi connectivity index (χ3v) is 5.59. The summed E-state index contributed by atoms with van der Waals surface area (Å²) in [5, 5.41) is 26.0. The highest BCUT2D eigenvalue weighted by atomic mass is 32.2. The Kier molecular flexibility index (Phi) is 4.47. The number of rotatable bonds is 4. The Labute approximate surface area is 174 Å². The first-order chi connectivity index (χ1) is 14.6. The van der Waals surface area contributed by atoms with E-state index in [1.807, 2.05) is 25.1 Å². The zero-order valence-electron chi connectivity index (χ0n) is 16.1. The molecule has 3 heterocycles. The van der Waals surface area contributed by atoms with Crippen molar-refractivity contribution in [3.05, 3.63) is 71.5 Å². The summed E-state index contributed by atoms with van der Waals surface area (Å²) in [6.45, 7) is 4.10. The van der Waals surface area contributed by atoms with Crippen molar-refractivity contribution in [3.8, 4) is 17.1 Å². The molecular weight excluding hydrogens is 403 g/mol. The lowest BCUT2D eigenvalue weighted by Crippen LogP contribution is -2.01. The number of aromatic nitrogens is 8. The van der Waals surface area contributed by atoms with Gasteiger partial charge in [0.2, 0.25) is 5.16 Å². The van der Waals surface area contributed by atoms with E-state index >= 15 is 0 Å². The highest BCUT2D eigenvalue weighted by Crippen LogP contribution is 2.27. The minimum absolute atomic E-state index is 0.333. The average Bonchev–Trinajstić information content (AvgIpc) is 3.37. The minimum atomic E-state index is -0.384. The number of halogens is 1. The Balaban J connectivity index is 1.53. The quantitative estimate of drug-likeness (QED) is 0.440. The minimum Gasteiger partial charge on any atom is -0.206 e. The number of aryl methyl sites for hydroxylation is 2. The van der Waals surface area contributed by atoms with Crippen molar-refractivity contribution in [1.29, 1.82) is 0 Å². The monoisotopic (exact) mass is 418 g/mol. The molecule has 30 heavy (non-hydrogen) atoms. The number of hydrogen-bond donors (Lipinski definition) is 0. The van der Waals surface area contributed by atoms with Gasteiger partial charge in [-0.25, -0.2) is 4.39 Å². The molecule has 0 aliphatic rings. The maximum absolute atomic E-state index is 14.2. The second-order valence-electron chi connectivity index (χ2n) is 6.69. The van der Waals surface area contributed by atoms with Crippen molar-refractivity contribution in [1.82, 2.24) is 40.0 Å². The van der Waals surface area contributed by atoms with E-state index in [1.165, 1.54) is 27.9 Å². The maximum atomic E-state index is 14.2. The molecule has 0 aliphatic heterocycles. The van der Waals surface area contributed by atoms with Gasteiger partial charge in [-0.3, -0.25) is 0 Å². The first-order valence-corrected chi connectivity index (χ1v) is 9.93. The summed E-state index contributed by atoms with van der Waals surface area (Å²) in [6.07, 6.45) is 0. The van der Waals surface area contributed by atoms with Gasteiger partial charge in [-0.1, -0.05) is 18.2 Å². The van der Waals surface area contributed by atoms with Crippen LogP contribution in [0.15, 0.2) is 64.8 Å². The number of hydrogen-bond acceptors (Lipinski definition) is 7. The van der Waals surface area contributed by atoms with Crippen LogP contribution in [0, 0.1) is 19.7 Å². The van der Waals surface area contributed by atoms with E-state index in [0.29, 0.717) is 27.2 Å². The zero-order chi connectivity index (χ0) is 20.7. The second-order valence-corrected chi connectivity index (χ2v) is 7.68. The fourth-order valence-corrected chi connectivity index (χ4v) is 3.74. The lowest BCUT2D eigenvalue weighted by Gasteiger charge is -2.07. The lowest BCUT2D eigenvalue weighted by atomic mass is 10.1. The van der Waals surface area contributed by atoms with Crippen LogP contribution in [0.3, 0.4) is 0 Å². The predicted molar refractivity (Wildman–Crippen MR) is 109 cm³/mol. The molecule has 0 unspecified atom stereocenters. The summed E-state index contributed by atoms with van der Waals surface area (Å²) in [5.41, 5.74) is 4.06. The lowest BCUT2D eigenvalue weighted by molar-refractivity contribution is 0.629. The Morgan fingerprint density at radius 3 is 2.60 bits per heavy atom. The third kappa shape index (κ3) is 3.20. The number of tetrazole rings is 1. The molecule has 5 rings (SSSR count). The van der Waals surface area contributed by atoms with Crippen LogP contribution < -0.4 is 0 Å². The highest BCUT2D eigenvalue weighted by Gasteiger charge is 2.16. The summed E-state index contributed by atoms with van der Waals surface area (Å²) >= 11 is 1.30. The van der Waals surface area contributed by atoms with Crippen LogP contribution in [0.2, 0.25) is 0 Å². The summed E-state index contributed by atoms with van der Waals surface area (Å²) in [7, 11) is 0. The molecular formula is C20H15FN8S. The van der Waals surface area contributed by atoms with Crippen LogP contribution in [-0.2, 0) is 0 Å². The number of fused-ring (bicyclic) bond motifs is 1. The Morgan fingerprint density at radius 2 is 1.77 bits per heavy atom. The molecule has 0 aliphatic carbocycles. The molecule has 0 saturated heterocycles. The standard InChI is InChI=1S/C20H15FN8S/c1-12-7-8-14(11-13(12)2)28-20(24-26-27-28)30-18-10-9-17-22-23-19(29(17)25-18)15-5-3-4-6-16(15)21/h3-11H,1-2H3. The van der Waals surface area contributed by atoms with Crippen LogP contribution >= 0.6 is 11.8 Å². The van der Waals surface area contributed by atoms with Gasteiger partial charge in [-0.05, 0) is 83.6 Å². The summed E-state index contributed by atoms with van der Waals surface area (Å²) in [6, 6.07) is 16.0. The van der Waals surface area contributed by atoms with Crippen molar-refractivity contribution < 1.29 is 4.39 Å². The largest absolute Gasteiger partial charge is 0.220 e. The van der Waals surface area contributed by atoms with Gasteiger partial charge in [0.05, 0.1) is 11.3 Å². The van der Waals surface area contributed by atoms with Crippen LogP contribution in [0.1, 0.15) is 11.1 Å². The van der Waals surface area contributed by atoms with E-state index in [0.717, 1.165) is 11.3 Å². The Morgan fingerprint density at radius 1 is 0.900 bits per heavy atom. The summed E-state index contributed by atoms with van der Waals surface area (Å²) < 4.78 is 17.4. The van der Waals surface area contributed by atoms with Crippen molar-refractivity contribution in [2.75, 3.05) is 0 Å². The maximum Gasteiger partial charge on any atom is 0.220 e. The molecule has 0 fully saturated rings. The first kappa shape index (κ1) is 18.4. The second kappa shape index (κ2) is 7.30. The Bertz CT molecular complexity index is 1380. The topological polar surface area (TPSA) is 86.7 Å². The molecule has 0 radical (unpaired) electrons. The molecule has 0 N–H and O–H groups in total. The van der Waals surface area contributed by atoms with Gasteiger partial charge in [0.15, 0.2) is 11.5 Å². The molecule has 0 bridgehead atoms. The molecule has 0 saturated carbocycles. The van der Waals surface area contributed by atoms with Gasteiger partial charge in [0.1, 0.15) is 10.8 Å². The van der Waals surface area contributed by atoms with E-state index in [9.17, 15) is 4.39 Å². The third-order valence-electron chi connectivity index (χ3n) is 4.72. The molecule has 3 aromatic heterocycles. The van der Waals surface area contributed by atoms with Crippen LogP contribution in [0.25, 0.3) is 22.7 Å². The Hall–Kier alpha value is -3.66. The SMILES string of the molecule is Cc1ccc(-n2nnnc2Sc2ccc3nnc(-c4ccccc4F)n3n2)cc1C. The van der Waals surface area contributed by atoms with Crippen molar-refractivity contribution in [2.24, 2.45) is 0 Å². The van der Waals surface area contributed by atoms with Crippen LogP contribution in [0.5, 0.6) is 0 Å². The average molecular weight is 418 g/mol. The van der Waals surface area contributed by atoms with Gasteiger partial charge in [-0.15, -0.1) is 15.3 Å². The molecule has 5 aromatic rings. The summed E-state index contributed by atoms with van der Waals surface area (Å²) in [4.78, 5) is 0. The van der Waals surface area contributed by atoms with Crippen molar-refractivity contribution in [3.63, 3.8) is 0 Å². The van der Waals surface area contributed by atoms with Gasteiger partial charge >= 0.3 is 0 Å². The molecule has 148 valence electrons. The molecule has 0 atom stereocenters. The van der Waals surface area contributed by atoms with Gasteiger partial charge in [0, 0.05) is 0 Å². The zero-order valence-corrected chi connectivity index (χ0v) is 16.9. The van der Waals surface area contributed by atoms with Gasteiger partial charge in [-0.2, -0.15) is 14.3 Å². The van der Waals surface area contributed by atoms with Crippen LogP contribution in [0.4, 0.5) is 4.39 Å². The number of benzene rings is 2. The molecule has 2 aromatic carbocycles. The van der Waals surface area contributed by atoms with Crippen molar-refractivity contribution >= 4 is 17.4 Å². The van der Waals surface area contributed by atoms with E-state index in [4.69, 9.17) is 0 Å². The first-order valence-electron chi connectivity index (χ1n) is 9.11. The van der Waals surface area contributed by atoms with Gasteiger partial charge in [0.25, 0.3) is 0 Å². The molecule has 0 spiro atoms. The molecule has 0 amide bonds. The fraction of sp³-hybridized carbons (Fsp3) is 0.100. The van der Waals surface area contributed by atoms with E-state index < -0.39 is 0 Å². The molecule has 8 nitrogen and oxygen atoms in total. The van der Waals surface area contributed by atoms with E-state index in [-0.39, 0.29) is 5.82 Å². The van der Waals surface area contributed by atoms with Crippen LogP contribution in [-0.4, -0.2) is 40.0 Å². The highest BCUT2D eigenvalue weighted by molar-refractivity contribution is 7.99. The van der Waals surface area contributed by atoms with Crippen molar-refractivity contribution in [2.45, 2.75) is 24.0 Å². The van der Waals surface area contributed by atoms with Gasteiger partial charge < -0.3 is 0 Å². The van der Waals surface area contributed by atoms with E-state index in [2.05, 4.69) is 37.7 Å². The molecule has 10 heteroatoms. The van der Waals surface area contributed by atoms with E-state index in [1.54, 1.807) is 35.0 Å². The summed E-state index contributed by atoms with van der Waals surface area (Å²) in [5.74, 6) is -0.0513. The number of nitrogens with zero attached hydrogens (tertiary/aromatic N) is 8.